The number of anilines is 1. The number of hydrogen-bond acceptors (Lipinski definition) is 2. The molecule has 2 aromatic carbocycles. The highest BCUT2D eigenvalue weighted by atomic mass is 79.9. The number of imidazole rings is 1. The van der Waals surface area contributed by atoms with Crippen molar-refractivity contribution in [1.29, 1.82) is 0 Å². The molecule has 6 heteroatoms. The number of carbonyl (C=O) groups is 1. The highest BCUT2D eigenvalue weighted by Gasteiger charge is 2.13. The number of carbonyl (C=O) groups excluding carboxylic acids is 1. The number of halogens is 1. The molecule has 0 bridgehead atoms. The molecular weight excluding hydrogens is 356 g/mol. The van der Waals surface area contributed by atoms with Crippen LogP contribution in [0.2, 0.25) is 0 Å². The molecule has 3 N–H and O–H groups in total. The summed E-state index contributed by atoms with van der Waals surface area (Å²) in [5, 5.41) is 5.70. The number of benzene rings is 2. The van der Waals surface area contributed by atoms with Gasteiger partial charge in [-0.2, -0.15) is 0 Å². The van der Waals surface area contributed by atoms with Crippen LogP contribution in [0.4, 0.5) is 10.5 Å². The second-order valence-electron chi connectivity index (χ2n) is 5.42. The molecule has 23 heavy (non-hydrogen) atoms. The van der Waals surface area contributed by atoms with E-state index in [0.29, 0.717) is 0 Å². The van der Waals surface area contributed by atoms with Crippen LogP contribution < -0.4 is 10.6 Å². The first-order valence-electron chi connectivity index (χ1n) is 7.31. The van der Waals surface area contributed by atoms with Crippen LogP contribution in [-0.4, -0.2) is 16.0 Å². The van der Waals surface area contributed by atoms with Gasteiger partial charge in [0, 0.05) is 10.2 Å². The monoisotopic (exact) mass is 372 g/mol. The lowest BCUT2D eigenvalue weighted by Gasteiger charge is -2.13. The number of nitrogens with one attached hydrogen (secondary N) is 3. The number of nitrogens with zero attached hydrogens (tertiary/aromatic N) is 1. The van der Waals surface area contributed by atoms with Gasteiger partial charge in [-0.15, -0.1) is 0 Å². The minimum atomic E-state index is -0.270. The van der Waals surface area contributed by atoms with Gasteiger partial charge in [0.15, 0.2) is 0 Å². The molecule has 118 valence electrons. The third kappa shape index (κ3) is 3.53. The molecule has 0 aliphatic rings. The maximum atomic E-state index is 12.1. The van der Waals surface area contributed by atoms with Crippen LogP contribution >= 0.6 is 15.9 Å². The molecular formula is C17H17BrN4O. The molecule has 0 aliphatic heterocycles. The molecule has 1 heterocycles. The SMILES string of the molecule is Cc1ccc(NC(=O)NC(C)c2nc3ccccc3[nH]2)cc1Br. The molecule has 0 radical (unpaired) electrons. The van der Waals surface area contributed by atoms with E-state index in [-0.39, 0.29) is 12.1 Å². The van der Waals surface area contributed by atoms with Crippen molar-refractivity contribution in [3.63, 3.8) is 0 Å². The molecule has 0 spiro atoms. The van der Waals surface area contributed by atoms with Gasteiger partial charge in [-0.25, -0.2) is 9.78 Å². The zero-order valence-electron chi connectivity index (χ0n) is 12.9. The van der Waals surface area contributed by atoms with Crippen molar-refractivity contribution in [1.82, 2.24) is 15.3 Å². The fourth-order valence-electron chi connectivity index (χ4n) is 2.28. The largest absolute Gasteiger partial charge is 0.340 e. The van der Waals surface area contributed by atoms with Crippen molar-refractivity contribution >= 4 is 38.7 Å². The zero-order chi connectivity index (χ0) is 16.4. The number of amides is 2. The average Bonchev–Trinajstić information content (AvgIpc) is 2.95. The molecule has 3 rings (SSSR count). The van der Waals surface area contributed by atoms with Gasteiger partial charge in [-0.3, -0.25) is 0 Å². The summed E-state index contributed by atoms with van der Waals surface area (Å²) in [4.78, 5) is 19.8. The number of fused-ring (bicyclic) bond motifs is 1. The molecule has 5 nitrogen and oxygen atoms in total. The first-order chi connectivity index (χ1) is 11.0. The van der Waals surface area contributed by atoms with Gasteiger partial charge in [0.25, 0.3) is 0 Å². The van der Waals surface area contributed by atoms with Gasteiger partial charge >= 0.3 is 6.03 Å². The van der Waals surface area contributed by atoms with Crippen molar-refractivity contribution < 1.29 is 4.79 Å². The average molecular weight is 373 g/mol. The quantitative estimate of drug-likeness (QED) is 0.632. The van der Waals surface area contributed by atoms with E-state index in [2.05, 4.69) is 36.5 Å². The van der Waals surface area contributed by atoms with Gasteiger partial charge in [0.05, 0.1) is 17.1 Å². The van der Waals surface area contributed by atoms with E-state index in [1.165, 1.54) is 0 Å². The Balaban J connectivity index is 1.67. The first kappa shape index (κ1) is 15.6. The Bertz CT molecular complexity index is 826. The van der Waals surface area contributed by atoms with E-state index in [4.69, 9.17) is 0 Å². The molecule has 3 aromatic rings. The van der Waals surface area contributed by atoms with E-state index in [1.807, 2.05) is 56.3 Å². The lowest BCUT2D eigenvalue weighted by molar-refractivity contribution is 0.249. The summed E-state index contributed by atoms with van der Waals surface area (Å²) >= 11 is 3.46. The number of aromatic amines is 1. The van der Waals surface area contributed by atoms with Gasteiger partial charge in [0.2, 0.25) is 0 Å². The fourth-order valence-corrected chi connectivity index (χ4v) is 2.66. The van der Waals surface area contributed by atoms with E-state index in [0.717, 1.165) is 32.6 Å². The lowest BCUT2D eigenvalue weighted by Crippen LogP contribution is -2.31. The maximum Gasteiger partial charge on any atom is 0.319 e. The zero-order valence-corrected chi connectivity index (χ0v) is 14.4. The Hall–Kier alpha value is -2.34. The van der Waals surface area contributed by atoms with E-state index in [1.54, 1.807) is 0 Å². The van der Waals surface area contributed by atoms with E-state index >= 15 is 0 Å². The smallest absolute Gasteiger partial charge is 0.319 e. The van der Waals surface area contributed by atoms with Crippen LogP contribution in [0.25, 0.3) is 11.0 Å². The molecule has 0 aliphatic carbocycles. The Kier molecular flexibility index (Phi) is 4.34. The van der Waals surface area contributed by atoms with Crippen molar-refractivity contribution in [3.05, 3.63) is 58.3 Å². The molecule has 1 unspecified atom stereocenters. The van der Waals surface area contributed by atoms with Crippen LogP contribution in [0, 0.1) is 6.92 Å². The van der Waals surface area contributed by atoms with Crippen molar-refractivity contribution in [3.8, 4) is 0 Å². The van der Waals surface area contributed by atoms with Crippen LogP contribution in [-0.2, 0) is 0 Å². The number of aromatic nitrogens is 2. The maximum absolute atomic E-state index is 12.1. The Morgan fingerprint density at radius 1 is 1.26 bits per heavy atom. The molecule has 0 saturated heterocycles. The van der Waals surface area contributed by atoms with Crippen LogP contribution in [0.3, 0.4) is 0 Å². The summed E-state index contributed by atoms with van der Waals surface area (Å²) in [5.41, 5.74) is 3.70. The number of urea groups is 1. The third-order valence-corrected chi connectivity index (χ3v) is 4.45. The topological polar surface area (TPSA) is 69.8 Å². The lowest BCUT2D eigenvalue weighted by atomic mass is 10.2. The molecule has 0 fully saturated rings. The van der Waals surface area contributed by atoms with Gasteiger partial charge < -0.3 is 15.6 Å². The highest BCUT2D eigenvalue weighted by molar-refractivity contribution is 9.10. The summed E-state index contributed by atoms with van der Waals surface area (Å²) in [6.07, 6.45) is 0. The van der Waals surface area contributed by atoms with Gasteiger partial charge in [-0.05, 0) is 43.7 Å². The number of aryl methyl sites for hydroxylation is 1. The second kappa shape index (κ2) is 6.42. The number of rotatable bonds is 3. The van der Waals surface area contributed by atoms with Crippen LogP contribution in [0.15, 0.2) is 46.9 Å². The minimum Gasteiger partial charge on any atom is -0.340 e. The van der Waals surface area contributed by atoms with Crippen molar-refractivity contribution in [2.75, 3.05) is 5.32 Å². The summed E-state index contributed by atoms with van der Waals surface area (Å²) in [6, 6.07) is 13.0. The van der Waals surface area contributed by atoms with Crippen LogP contribution in [0.1, 0.15) is 24.4 Å². The van der Waals surface area contributed by atoms with Crippen LogP contribution in [0.5, 0.6) is 0 Å². The van der Waals surface area contributed by atoms with E-state index in [9.17, 15) is 4.79 Å². The Morgan fingerprint density at radius 3 is 2.78 bits per heavy atom. The molecule has 1 atom stereocenters. The first-order valence-corrected chi connectivity index (χ1v) is 8.10. The molecule has 0 saturated carbocycles. The van der Waals surface area contributed by atoms with Gasteiger partial charge in [-0.1, -0.05) is 34.1 Å². The Labute approximate surface area is 142 Å². The van der Waals surface area contributed by atoms with Gasteiger partial charge in [0.1, 0.15) is 5.82 Å². The number of hydrogen-bond donors (Lipinski definition) is 3. The highest BCUT2D eigenvalue weighted by Crippen LogP contribution is 2.21. The summed E-state index contributed by atoms with van der Waals surface area (Å²) < 4.78 is 0.959. The van der Waals surface area contributed by atoms with Crippen molar-refractivity contribution in [2.24, 2.45) is 0 Å². The summed E-state index contributed by atoms with van der Waals surface area (Å²) in [5.74, 6) is 0.728. The van der Waals surface area contributed by atoms with Crippen molar-refractivity contribution in [2.45, 2.75) is 19.9 Å². The molecule has 1 aromatic heterocycles. The third-order valence-electron chi connectivity index (χ3n) is 3.60. The number of H-pyrrole nitrogens is 1. The summed E-state index contributed by atoms with van der Waals surface area (Å²) in [6.45, 7) is 3.89. The summed E-state index contributed by atoms with van der Waals surface area (Å²) in [7, 11) is 0. The predicted molar refractivity (Wildman–Crippen MR) is 95.5 cm³/mol. The fraction of sp³-hybridized carbons (Fsp3) is 0.176. The number of para-hydroxylation sites is 2. The van der Waals surface area contributed by atoms with E-state index < -0.39 is 0 Å². The normalized spacial score (nSPS) is 12.1. The second-order valence-corrected chi connectivity index (χ2v) is 6.28. The Morgan fingerprint density at radius 2 is 2.04 bits per heavy atom. The molecule has 2 amide bonds. The predicted octanol–water partition coefficient (Wildman–Crippen LogP) is 4.52. The minimum absolute atomic E-state index is 0.226. The standard InChI is InChI=1S/C17H17BrN4O/c1-10-7-8-12(9-13(10)18)20-17(23)19-11(2)16-21-14-5-3-4-6-15(14)22-16/h3-9,11H,1-2H3,(H,21,22)(H2,19,20,23).